The number of amides is 3. The summed E-state index contributed by atoms with van der Waals surface area (Å²) in [5.74, 6) is 0.627. The van der Waals surface area contributed by atoms with Gasteiger partial charge >= 0.3 is 6.03 Å². The molecule has 33 heavy (non-hydrogen) atoms. The number of benzene rings is 3. The van der Waals surface area contributed by atoms with Crippen molar-refractivity contribution in [3.05, 3.63) is 90.3 Å². The fraction of sp³-hybridized carbons (Fsp3) is 0.120. The fourth-order valence-corrected chi connectivity index (χ4v) is 3.10. The smallest absolute Gasteiger partial charge is 0.323 e. The minimum atomic E-state index is -0.370. The Labute approximate surface area is 191 Å². The molecule has 1 aromatic heterocycles. The second kappa shape index (κ2) is 10.2. The van der Waals surface area contributed by atoms with Gasteiger partial charge in [0.05, 0.1) is 0 Å². The third kappa shape index (κ3) is 6.27. The van der Waals surface area contributed by atoms with Crippen LogP contribution in [0, 0.1) is 6.92 Å². The number of anilines is 3. The van der Waals surface area contributed by atoms with E-state index < -0.39 is 0 Å². The Bertz CT molecular complexity index is 1240. The van der Waals surface area contributed by atoms with Crippen molar-refractivity contribution in [3.63, 3.8) is 0 Å². The molecule has 0 aliphatic rings. The molecule has 0 fully saturated rings. The molecule has 0 aliphatic heterocycles. The van der Waals surface area contributed by atoms with Crippen LogP contribution < -0.4 is 16.0 Å². The molecule has 3 aromatic carbocycles. The Hall–Kier alpha value is -4.46. The van der Waals surface area contributed by atoms with Crippen LogP contribution >= 0.6 is 0 Å². The zero-order chi connectivity index (χ0) is 23.0. The molecule has 0 unspecified atom stereocenters. The van der Waals surface area contributed by atoms with Crippen molar-refractivity contribution in [1.82, 2.24) is 10.2 Å². The molecule has 4 rings (SSSR count). The summed E-state index contributed by atoms with van der Waals surface area (Å²) in [6.45, 7) is 2.01. The van der Waals surface area contributed by atoms with E-state index in [-0.39, 0.29) is 18.4 Å². The van der Waals surface area contributed by atoms with Crippen molar-refractivity contribution in [1.29, 1.82) is 0 Å². The van der Waals surface area contributed by atoms with Crippen LogP contribution in [0.5, 0.6) is 0 Å². The topological polar surface area (TPSA) is 109 Å². The zero-order valence-corrected chi connectivity index (χ0v) is 18.0. The first kappa shape index (κ1) is 21.8. The van der Waals surface area contributed by atoms with E-state index in [1.165, 1.54) is 0 Å². The predicted molar refractivity (Wildman–Crippen MR) is 127 cm³/mol. The average Bonchev–Trinajstić information content (AvgIpc) is 3.28. The molecule has 0 atom stereocenters. The number of aromatic nitrogens is 2. The number of para-hydroxylation sites is 1. The van der Waals surface area contributed by atoms with Gasteiger partial charge in [0.1, 0.15) is 0 Å². The van der Waals surface area contributed by atoms with Crippen molar-refractivity contribution in [2.75, 3.05) is 16.0 Å². The zero-order valence-electron chi connectivity index (χ0n) is 18.0. The Morgan fingerprint density at radius 2 is 1.45 bits per heavy atom. The molecule has 8 nitrogen and oxygen atoms in total. The summed E-state index contributed by atoms with van der Waals surface area (Å²) in [5.41, 5.74) is 3.80. The van der Waals surface area contributed by atoms with Gasteiger partial charge < -0.3 is 20.4 Å². The molecule has 0 saturated heterocycles. The van der Waals surface area contributed by atoms with Crippen molar-refractivity contribution >= 4 is 29.0 Å². The lowest BCUT2D eigenvalue weighted by atomic mass is 10.1. The number of carbonyl (C=O) groups is 2. The number of nitrogens with one attached hydrogen (secondary N) is 3. The van der Waals surface area contributed by atoms with Crippen LogP contribution in [0.25, 0.3) is 11.5 Å². The highest BCUT2D eigenvalue weighted by molar-refractivity contribution is 6.00. The van der Waals surface area contributed by atoms with E-state index in [0.29, 0.717) is 35.3 Å². The number of rotatable bonds is 7. The summed E-state index contributed by atoms with van der Waals surface area (Å²) < 4.78 is 5.67. The number of hydrogen-bond acceptors (Lipinski definition) is 5. The van der Waals surface area contributed by atoms with Crippen LogP contribution in [-0.4, -0.2) is 22.1 Å². The first-order valence-corrected chi connectivity index (χ1v) is 10.5. The predicted octanol–water partition coefficient (Wildman–Crippen LogP) is 5.26. The normalized spacial score (nSPS) is 10.5. The van der Waals surface area contributed by atoms with E-state index in [4.69, 9.17) is 4.42 Å². The van der Waals surface area contributed by atoms with Crippen LogP contribution in [-0.2, 0) is 11.2 Å². The molecule has 0 radical (unpaired) electrons. The molecule has 4 aromatic rings. The molecular weight excluding hydrogens is 418 g/mol. The van der Waals surface area contributed by atoms with Gasteiger partial charge in [-0.05, 0) is 49.4 Å². The first-order valence-electron chi connectivity index (χ1n) is 10.5. The summed E-state index contributed by atoms with van der Waals surface area (Å²) in [6, 6.07) is 23.5. The molecule has 0 aliphatic carbocycles. The standard InChI is InChI=1S/C25H23N5O3/c1-17-10-12-18(13-11-17)24-30-29-23(33-24)15-14-22(31)26-20-8-5-9-21(16-20)28-25(32)27-19-6-3-2-4-7-19/h2-13,16H,14-15H2,1H3,(H,26,31)(H2,27,28,32). The Morgan fingerprint density at radius 3 is 2.21 bits per heavy atom. The third-order valence-corrected chi connectivity index (χ3v) is 4.77. The Morgan fingerprint density at radius 1 is 0.788 bits per heavy atom. The molecule has 0 bridgehead atoms. The van der Waals surface area contributed by atoms with Crippen LogP contribution in [0.15, 0.2) is 83.3 Å². The summed E-state index contributed by atoms with van der Waals surface area (Å²) in [6.07, 6.45) is 0.504. The molecule has 8 heteroatoms. The van der Waals surface area contributed by atoms with Gasteiger partial charge in [0, 0.05) is 35.5 Å². The number of urea groups is 1. The summed E-state index contributed by atoms with van der Waals surface area (Å²) >= 11 is 0. The van der Waals surface area contributed by atoms with Gasteiger partial charge in [-0.1, -0.05) is 42.0 Å². The second-order valence-electron chi connectivity index (χ2n) is 7.44. The highest BCUT2D eigenvalue weighted by Crippen LogP contribution is 2.19. The minimum absolute atomic E-state index is 0.182. The van der Waals surface area contributed by atoms with Gasteiger partial charge in [0.2, 0.25) is 17.7 Å². The lowest BCUT2D eigenvalue weighted by Crippen LogP contribution is -2.19. The van der Waals surface area contributed by atoms with Gasteiger partial charge in [-0.3, -0.25) is 4.79 Å². The lowest BCUT2D eigenvalue weighted by Gasteiger charge is -2.10. The number of carbonyl (C=O) groups excluding carboxylic acids is 2. The van der Waals surface area contributed by atoms with Gasteiger partial charge in [-0.25, -0.2) is 4.79 Å². The largest absolute Gasteiger partial charge is 0.421 e. The van der Waals surface area contributed by atoms with Crippen molar-refractivity contribution in [3.8, 4) is 11.5 Å². The molecular formula is C25H23N5O3. The van der Waals surface area contributed by atoms with Gasteiger partial charge in [0.15, 0.2) is 0 Å². The van der Waals surface area contributed by atoms with E-state index >= 15 is 0 Å². The van der Waals surface area contributed by atoms with E-state index in [1.807, 2.05) is 49.4 Å². The molecule has 166 valence electrons. The van der Waals surface area contributed by atoms with Gasteiger partial charge in [-0.15, -0.1) is 10.2 Å². The average molecular weight is 441 g/mol. The monoisotopic (exact) mass is 441 g/mol. The summed E-state index contributed by atoms with van der Waals surface area (Å²) in [4.78, 5) is 24.5. The molecule has 0 spiro atoms. The maximum atomic E-state index is 12.4. The lowest BCUT2D eigenvalue weighted by molar-refractivity contribution is -0.116. The van der Waals surface area contributed by atoms with Crippen LogP contribution in [0.4, 0.5) is 21.9 Å². The van der Waals surface area contributed by atoms with Crippen LogP contribution in [0.1, 0.15) is 17.9 Å². The number of nitrogens with zero attached hydrogens (tertiary/aromatic N) is 2. The highest BCUT2D eigenvalue weighted by Gasteiger charge is 2.11. The van der Waals surface area contributed by atoms with Crippen LogP contribution in [0.3, 0.4) is 0 Å². The van der Waals surface area contributed by atoms with E-state index in [9.17, 15) is 9.59 Å². The van der Waals surface area contributed by atoms with Gasteiger partial charge in [-0.2, -0.15) is 0 Å². The third-order valence-electron chi connectivity index (χ3n) is 4.77. The van der Waals surface area contributed by atoms with Crippen molar-refractivity contribution < 1.29 is 14.0 Å². The maximum absolute atomic E-state index is 12.4. The van der Waals surface area contributed by atoms with Crippen molar-refractivity contribution in [2.24, 2.45) is 0 Å². The quantitative estimate of drug-likeness (QED) is 0.362. The molecule has 0 saturated carbocycles. The number of hydrogen-bond donors (Lipinski definition) is 3. The van der Waals surface area contributed by atoms with Crippen molar-refractivity contribution in [2.45, 2.75) is 19.8 Å². The SMILES string of the molecule is Cc1ccc(-c2nnc(CCC(=O)Nc3cccc(NC(=O)Nc4ccccc4)c3)o2)cc1. The van der Waals surface area contributed by atoms with E-state index in [2.05, 4.69) is 26.1 Å². The minimum Gasteiger partial charge on any atom is -0.421 e. The van der Waals surface area contributed by atoms with Crippen LogP contribution in [0.2, 0.25) is 0 Å². The van der Waals surface area contributed by atoms with E-state index in [0.717, 1.165) is 11.1 Å². The Balaban J connectivity index is 1.28. The van der Waals surface area contributed by atoms with Gasteiger partial charge in [0.25, 0.3) is 0 Å². The molecule has 3 amide bonds. The van der Waals surface area contributed by atoms with E-state index in [1.54, 1.807) is 36.4 Å². The second-order valence-corrected chi connectivity index (χ2v) is 7.44. The maximum Gasteiger partial charge on any atom is 0.323 e. The number of aryl methyl sites for hydroxylation is 2. The summed E-state index contributed by atoms with van der Waals surface area (Å²) in [7, 11) is 0. The first-order chi connectivity index (χ1) is 16.0. The fourth-order valence-electron chi connectivity index (χ4n) is 3.10. The molecule has 3 N–H and O–H groups in total. The summed E-state index contributed by atoms with van der Waals surface area (Å²) in [5, 5.41) is 16.4. The Kier molecular flexibility index (Phi) is 6.75. The highest BCUT2D eigenvalue weighted by atomic mass is 16.4. The molecule has 1 heterocycles.